The highest BCUT2D eigenvalue weighted by molar-refractivity contribution is 6.14. The Kier molecular flexibility index (Phi) is 4.09. The Hall–Kier alpha value is -3.60. The van der Waals surface area contributed by atoms with Crippen LogP contribution < -0.4 is 0 Å². The van der Waals surface area contributed by atoms with E-state index in [1.807, 2.05) is 61.3 Å². The Morgan fingerprint density at radius 1 is 0.931 bits per heavy atom. The first kappa shape index (κ1) is 17.5. The summed E-state index contributed by atoms with van der Waals surface area (Å²) in [7, 11) is 0. The van der Waals surface area contributed by atoms with E-state index in [2.05, 4.69) is 28.2 Å². The van der Waals surface area contributed by atoms with Crippen molar-refractivity contribution in [2.24, 2.45) is 0 Å². The van der Waals surface area contributed by atoms with Gasteiger partial charge in [0.1, 0.15) is 5.69 Å². The number of nitrogens with zero attached hydrogens (tertiary/aromatic N) is 2. The lowest BCUT2D eigenvalue weighted by atomic mass is 10.1. The number of aromatic nitrogens is 3. The molecule has 3 heterocycles. The molecule has 0 spiro atoms. The van der Waals surface area contributed by atoms with Crippen LogP contribution in [0.4, 0.5) is 0 Å². The minimum absolute atomic E-state index is 0.0386. The first-order chi connectivity index (χ1) is 14.2. The van der Waals surface area contributed by atoms with Gasteiger partial charge in [-0.3, -0.25) is 4.79 Å². The molecule has 5 aromatic rings. The normalized spacial score (nSPS) is 11.5. The van der Waals surface area contributed by atoms with Crippen LogP contribution >= 0.6 is 0 Å². The zero-order valence-electron chi connectivity index (χ0n) is 16.5. The van der Waals surface area contributed by atoms with Gasteiger partial charge in [-0.05, 0) is 32.0 Å². The van der Waals surface area contributed by atoms with Crippen molar-refractivity contribution in [3.63, 3.8) is 0 Å². The molecule has 5 rings (SSSR count). The number of amides is 1. The molecular formula is C24H22N4O. The first-order valence-electron chi connectivity index (χ1n) is 9.98. The Labute approximate surface area is 168 Å². The van der Waals surface area contributed by atoms with E-state index in [4.69, 9.17) is 4.98 Å². The molecule has 3 aromatic heterocycles. The Bertz CT molecular complexity index is 1360. The maximum Gasteiger partial charge on any atom is 0.272 e. The van der Waals surface area contributed by atoms with Crippen LogP contribution in [0.25, 0.3) is 44.0 Å². The molecule has 0 bridgehead atoms. The number of carbonyl (C=O) groups is 1. The van der Waals surface area contributed by atoms with E-state index in [-0.39, 0.29) is 5.91 Å². The third-order valence-corrected chi connectivity index (χ3v) is 5.61. The van der Waals surface area contributed by atoms with Crippen LogP contribution in [-0.2, 0) is 0 Å². The molecule has 0 saturated carbocycles. The van der Waals surface area contributed by atoms with Crippen molar-refractivity contribution in [1.82, 2.24) is 19.9 Å². The third-order valence-electron chi connectivity index (χ3n) is 5.61. The van der Waals surface area contributed by atoms with Crippen LogP contribution in [0.1, 0.15) is 24.3 Å². The smallest absolute Gasteiger partial charge is 0.272 e. The molecule has 0 unspecified atom stereocenters. The summed E-state index contributed by atoms with van der Waals surface area (Å²) in [6.07, 6.45) is 1.98. The van der Waals surface area contributed by atoms with Gasteiger partial charge in [-0.15, -0.1) is 0 Å². The molecule has 0 fully saturated rings. The molecule has 5 heteroatoms. The molecule has 2 N–H and O–H groups in total. The van der Waals surface area contributed by atoms with E-state index in [0.717, 1.165) is 44.0 Å². The predicted molar refractivity (Wildman–Crippen MR) is 118 cm³/mol. The number of benzene rings is 2. The summed E-state index contributed by atoms with van der Waals surface area (Å²) < 4.78 is 0. The van der Waals surface area contributed by atoms with Gasteiger partial charge in [0.25, 0.3) is 5.91 Å². The van der Waals surface area contributed by atoms with E-state index in [1.165, 1.54) is 0 Å². The monoisotopic (exact) mass is 382 g/mol. The van der Waals surface area contributed by atoms with Crippen LogP contribution in [0.15, 0.2) is 60.8 Å². The summed E-state index contributed by atoms with van der Waals surface area (Å²) in [6, 6.07) is 18.3. The zero-order valence-corrected chi connectivity index (χ0v) is 16.5. The van der Waals surface area contributed by atoms with Gasteiger partial charge in [0.2, 0.25) is 0 Å². The maximum absolute atomic E-state index is 13.1. The number of aromatic amines is 2. The summed E-state index contributed by atoms with van der Waals surface area (Å²) in [4.78, 5) is 26.7. The fourth-order valence-corrected chi connectivity index (χ4v) is 4.09. The van der Waals surface area contributed by atoms with Gasteiger partial charge in [0, 0.05) is 52.0 Å². The molecule has 144 valence electrons. The van der Waals surface area contributed by atoms with Crippen LogP contribution in [-0.4, -0.2) is 38.8 Å². The highest BCUT2D eigenvalue weighted by atomic mass is 16.2. The summed E-state index contributed by atoms with van der Waals surface area (Å²) >= 11 is 0. The number of hydrogen-bond donors (Lipinski definition) is 2. The lowest BCUT2D eigenvalue weighted by Gasteiger charge is -2.18. The summed E-state index contributed by atoms with van der Waals surface area (Å²) in [5.74, 6) is -0.0386. The lowest BCUT2D eigenvalue weighted by molar-refractivity contribution is 0.0767. The minimum atomic E-state index is -0.0386. The molecule has 0 saturated heterocycles. The highest BCUT2D eigenvalue weighted by Gasteiger charge is 2.21. The van der Waals surface area contributed by atoms with Crippen molar-refractivity contribution in [3.05, 3.63) is 66.5 Å². The van der Waals surface area contributed by atoms with Gasteiger partial charge in [-0.25, -0.2) is 4.98 Å². The number of nitrogens with one attached hydrogen (secondary N) is 2. The van der Waals surface area contributed by atoms with Crippen molar-refractivity contribution < 1.29 is 4.79 Å². The average molecular weight is 382 g/mol. The summed E-state index contributed by atoms with van der Waals surface area (Å²) in [6.45, 7) is 5.30. The van der Waals surface area contributed by atoms with Gasteiger partial charge in [0.15, 0.2) is 0 Å². The Morgan fingerprint density at radius 3 is 2.38 bits per heavy atom. The van der Waals surface area contributed by atoms with Crippen molar-refractivity contribution in [3.8, 4) is 11.3 Å². The van der Waals surface area contributed by atoms with Gasteiger partial charge >= 0.3 is 0 Å². The molecule has 0 radical (unpaired) electrons. The van der Waals surface area contributed by atoms with Crippen LogP contribution in [0.3, 0.4) is 0 Å². The largest absolute Gasteiger partial charge is 0.360 e. The summed E-state index contributed by atoms with van der Waals surface area (Å²) in [5, 5.41) is 3.21. The molecular weight excluding hydrogens is 360 g/mol. The lowest BCUT2D eigenvalue weighted by Crippen LogP contribution is -2.31. The third kappa shape index (κ3) is 2.70. The number of rotatable bonds is 4. The van der Waals surface area contributed by atoms with Gasteiger partial charge < -0.3 is 14.9 Å². The van der Waals surface area contributed by atoms with Gasteiger partial charge in [0.05, 0.1) is 11.2 Å². The van der Waals surface area contributed by atoms with E-state index >= 15 is 0 Å². The molecule has 5 nitrogen and oxygen atoms in total. The second kappa shape index (κ2) is 6.78. The van der Waals surface area contributed by atoms with Gasteiger partial charge in [-0.2, -0.15) is 0 Å². The Morgan fingerprint density at radius 2 is 1.62 bits per heavy atom. The summed E-state index contributed by atoms with van der Waals surface area (Å²) in [5.41, 5.74) is 5.31. The van der Waals surface area contributed by atoms with E-state index in [1.54, 1.807) is 0 Å². The van der Waals surface area contributed by atoms with E-state index < -0.39 is 0 Å². The number of pyridine rings is 1. The fraction of sp³-hybridized carbons (Fsp3) is 0.167. The van der Waals surface area contributed by atoms with Crippen molar-refractivity contribution in [2.75, 3.05) is 13.1 Å². The van der Waals surface area contributed by atoms with Crippen LogP contribution in [0.2, 0.25) is 0 Å². The van der Waals surface area contributed by atoms with Crippen molar-refractivity contribution >= 4 is 38.6 Å². The maximum atomic E-state index is 13.1. The number of para-hydroxylation sites is 2. The van der Waals surface area contributed by atoms with E-state index in [0.29, 0.717) is 18.8 Å². The molecule has 0 aliphatic heterocycles. The highest BCUT2D eigenvalue weighted by Crippen LogP contribution is 2.36. The molecule has 0 aliphatic carbocycles. The number of hydrogen-bond acceptors (Lipinski definition) is 2. The van der Waals surface area contributed by atoms with E-state index in [9.17, 15) is 4.79 Å². The van der Waals surface area contributed by atoms with Crippen LogP contribution in [0.5, 0.6) is 0 Å². The SMILES string of the molecule is CCN(CC)C(=O)c1cc2c([nH]c3ccccc32)c(-c2c[nH]c3ccccc23)n1. The minimum Gasteiger partial charge on any atom is -0.360 e. The fourth-order valence-electron chi connectivity index (χ4n) is 4.09. The Balaban J connectivity index is 1.85. The molecule has 2 aromatic carbocycles. The quantitative estimate of drug-likeness (QED) is 0.440. The van der Waals surface area contributed by atoms with Gasteiger partial charge in [-0.1, -0.05) is 36.4 Å². The molecule has 1 amide bonds. The average Bonchev–Trinajstić information content (AvgIpc) is 3.35. The van der Waals surface area contributed by atoms with Crippen LogP contribution in [0, 0.1) is 0 Å². The standard InChI is InChI=1S/C24H22N4O/c1-3-28(4-2)24(29)21-13-17-15-9-6-8-12-20(15)26-22(17)23(27-21)18-14-25-19-11-7-5-10-16(18)19/h5-14,25-26H,3-4H2,1-2H3. The molecule has 0 aliphatic rings. The topological polar surface area (TPSA) is 64.8 Å². The molecule has 0 atom stereocenters. The molecule has 29 heavy (non-hydrogen) atoms. The first-order valence-corrected chi connectivity index (χ1v) is 9.98. The second-order valence-electron chi connectivity index (χ2n) is 7.17. The second-order valence-corrected chi connectivity index (χ2v) is 7.17. The number of carbonyl (C=O) groups excluding carboxylic acids is 1. The zero-order chi connectivity index (χ0) is 20.0. The number of H-pyrrole nitrogens is 2. The van der Waals surface area contributed by atoms with Crippen molar-refractivity contribution in [2.45, 2.75) is 13.8 Å². The van der Waals surface area contributed by atoms with Crippen molar-refractivity contribution in [1.29, 1.82) is 0 Å². The predicted octanol–water partition coefficient (Wildman–Crippen LogP) is 5.35. The number of fused-ring (bicyclic) bond motifs is 4.